The lowest BCUT2D eigenvalue weighted by molar-refractivity contribution is -0.146. The first-order chi connectivity index (χ1) is 62.7. The van der Waals surface area contributed by atoms with Crippen LogP contribution in [0.15, 0.2) is 200 Å². The predicted molar refractivity (Wildman–Crippen MR) is 500 cm³/mol. The third-order valence-corrected chi connectivity index (χ3v) is 26.8. The molecule has 4 aliphatic rings. The van der Waals surface area contributed by atoms with Gasteiger partial charge in [0.15, 0.2) is 5.12 Å². The molecule has 0 bridgehead atoms. The van der Waals surface area contributed by atoms with Gasteiger partial charge in [0, 0.05) is 122 Å². The number of carbonyl (C=O) groups is 16. The van der Waals surface area contributed by atoms with Crippen molar-refractivity contribution in [3.63, 3.8) is 0 Å². The van der Waals surface area contributed by atoms with Gasteiger partial charge >= 0.3 is 23.9 Å². The fourth-order valence-electron chi connectivity index (χ4n) is 15.0. The quantitative estimate of drug-likeness (QED) is 0.0169. The van der Waals surface area contributed by atoms with E-state index < -0.39 is 108 Å². The van der Waals surface area contributed by atoms with Crippen molar-refractivity contribution in [1.29, 1.82) is 0 Å². The lowest BCUT2D eigenvalue weighted by Crippen LogP contribution is -2.52. The van der Waals surface area contributed by atoms with E-state index in [1.54, 1.807) is 149 Å². The summed E-state index contributed by atoms with van der Waals surface area (Å²) in [6.45, 7) is 10.2. The number of amides is 8. The number of hydrogen-bond acceptors (Lipinski definition) is 23. The van der Waals surface area contributed by atoms with Crippen LogP contribution in [0.4, 0.5) is 0 Å². The molecule has 4 saturated heterocycles. The van der Waals surface area contributed by atoms with Gasteiger partial charge in [0.05, 0.1) is 14.2 Å². The molecule has 4 heterocycles. The van der Waals surface area contributed by atoms with Crippen LogP contribution < -0.4 is 26.0 Å². The molecular weight excluding hydrogens is 1760 g/mol. The number of thioether (sulfide) groups is 4. The van der Waals surface area contributed by atoms with E-state index in [-0.39, 0.29) is 86.7 Å². The minimum atomic E-state index is -1.18. The van der Waals surface area contributed by atoms with Crippen LogP contribution >= 0.6 is 47.0 Å². The van der Waals surface area contributed by atoms with Crippen LogP contribution in [0.1, 0.15) is 139 Å². The summed E-state index contributed by atoms with van der Waals surface area (Å²) in [6.07, 6.45) is 5.27. The molecule has 0 radical (unpaired) electrons. The molecule has 698 valence electrons. The normalized spacial score (nSPS) is 17.3. The van der Waals surface area contributed by atoms with Gasteiger partial charge in [0.25, 0.3) is 0 Å². The third kappa shape index (κ3) is 32.7. The maximum absolute atomic E-state index is 13.1. The van der Waals surface area contributed by atoms with E-state index in [0.717, 1.165) is 70.2 Å². The first-order valence-corrected chi connectivity index (χ1v) is 47.2. The number of carboxylic acids is 3. The fourth-order valence-corrected chi connectivity index (χ4v) is 18.2. The number of nitrogens with zero attached hydrogens (tertiary/aromatic N) is 4. The molecule has 12 atom stereocenters. The molecule has 131 heavy (non-hydrogen) atoms. The highest BCUT2D eigenvalue weighted by Crippen LogP contribution is 2.30. The summed E-state index contributed by atoms with van der Waals surface area (Å²) in [5.74, 6) is -6.27. The first kappa shape index (κ1) is 104. The van der Waals surface area contributed by atoms with Crippen LogP contribution in [0.3, 0.4) is 0 Å². The second-order valence-corrected chi connectivity index (χ2v) is 36.3. The monoisotopic (exact) mass is 1870 g/mol. The molecule has 8 amide bonds. The predicted octanol–water partition coefficient (Wildman–Crippen LogP) is 10.5. The summed E-state index contributed by atoms with van der Waals surface area (Å²) in [5.41, 5.74) is 4.82. The Bertz CT molecular complexity index is 5030. The van der Waals surface area contributed by atoms with Crippen molar-refractivity contribution in [3.8, 4) is 11.5 Å². The van der Waals surface area contributed by atoms with Crippen LogP contribution in [0.2, 0.25) is 0 Å². The molecular formula is C97H114N8O22S4. The van der Waals surface area contributed by atoms with Crippen molar-refractivity contribution in [2.45, 2.75) is 160 Å². The van der Waals surface area contributed by atoms with Crippen LogP contribution in [0.25, 0.3) is 0 Å². The van der Waals surface area contributed by atoms with Crippen molar-refractivity contribution in [3.05, 3.63) is 239 Å². The Kier molecular flexibility index (Phi) is 42.4. The summed E-state index contributed by atoms with van der Waals surface area (Å²) < 4.78 is 9.96. The van der Waals surface area contributed by atoms with Crippen molar-refractivity contribution < 1.29 is 107 Å². The van der Waals surface area contributed by atoms with Gasteiger partial charge in [0.1, 0.15) is 59.8 Å². The fraction of sp³-hybridized carbons (Fsp3) is 0.402. The van der Waals surface area contributed by atoms with Gasteiger partial charge < -0.3 is 70.8 Å². The molecule has 34 heteroatoms. The number of hydrogen-bond donors (Lipinski definition) is 8. The summed E-state index contributed by atoms with van der Waals surface area (Å²) in [7, 11) is 2.83. The minimum absolute atomic E-state index is 0.0396. The highest BCUT2D eigenvalue weighted by molar-refractivity contribution is 8.14. The van der Waals surface area contributed by atoms with Crippen molar-refractivity contribution >= 4 is 139 Å². The second-order valence-electron chi connectivity index (χ2n) is 32.1. The number of phenolic OH excluding ortho intramolecular Hbond substituents is 1. The number of nitrogens with one attached hydrogen (secondary N) is 4. The van der Waals surface area contributed by atoms with Crippen molar-refractivity contribution in [2.24, 2.45) is 23.7 Å². The van der Waals surface area contributed by atoms with Gasteiger partial charge in [-0.3, -0.25) is 57.5 Å². The Hall–Kier alpha value is -12.1. The number of methoxy groups -OCH3 is 2. The Morgan fingerprint density at radius 1 is 0.344 bits per heavy atom. The largest absolute Gasteiger partial charge is 0.508 e. The summed E-state index contributed by atoms with van der Waals surface area (Å²) in [5, 5.41) is 48.4. The van der Waals surface area contributed by atoms with Crippen LogP contribution in [-0.2, 0) is 92.7 Å². The van der Waals surface area contributed by atoms with E-state index in [1.165, 1.54) is 40.9 Å². The molecule has 0 spiro atoms. The van der Waals surface area contributed by atoms with Crippen molar-refractivity contribution in [2.75, 3.05) is 63.4 Å². The van der Waals surface area contributed by atoms with E-state index in [0.29, 0.717) is 123 Å². The van der Waals surface area contributed by atoms with Gasteiger partial charge in [-0.15, -0.1) is 0 Å². The lowest BCUT2D eigenvalue weighted by Gasteiger charge is -2.28. The number of ether oxygens (including phenoxy) is 2. The van der Waals surface area contributed by atoms with Gasteiger partial charge in [0.2, 0.25) is 62.6 Å². The number of phenols is 1. The van der Waals surface area contributed by atoms with Gasteiger partial charge in [-0.25, -0.2) is 19.2 Å². The Morgan fingerprint density at radius 2 is 0.588 bits per heavy atom. The second kappa shape index (κ2) is 53.2. The number of esters is 1. The van der Waals surface area contributed by atoms with E-state index in [4.69, 9.17) is 9.47 Å². The first-order valence-electron chi connectivity index (χ1n) is 43.2. The zero-order valence-corrected chi connectivity index (χ0v) is 77.4. The maximum Gasteiger partial charge on any atom is 0.328 e. The minimum Gasteiger partial charge on any atom is -0.508 e. The Morgan fingerprint density at radius 3 is 0.847 bits per heavy atom. The number of aromatic hydroxyl groups is 1. The summed E-state index contributed by atoms with van der Waals surface area (Å²) >= 11 is 4.34. The SMILES string of the molecule is COC(=O)[C@H](Cc1ccccc1)NC(=O)[C@@H]1CCCN1C(=O)[C@H](C)CSC(C)=O.COc1ccc(C[C@H](NC(=O)[C@@H]2CCCN2C(=O)[C@H](C)CSC(=O)c2ccccc2)C(=O)O)cc1.C[C@H](CSC(=O)c1ccccc1)C(=O)N1CCC[C@H]1C(=O)N[C@@H](Cc1ccc(O)cc1)C(=O)O.C[C@H](CSC(=O)c1ccccc1)C(=O)N1CCC[C@H]1C(=O)N[C@@H](Cc1ccccc1)C(=O)O. The molecule has 7 aromatic rings. The van der Waals surface area contributed by atoms with Gasteiger partial charge in [-0.2, -0.15) is 0 Å². The van der Waals surface area contributed by atoms with E-state index in [2.05, 4.69) is 21.3 Å². The molecule has 0 aliphatic carbocycles. The molecule has 4 fully saturated rings. The number of likely N-dealkylation sites (tertiary alicyclic amines) is 4. The zero-order valence-electron chi connectivity index (χ0n) is 74.2. The number of carbonyl (C=O) groups excluding carboxylic acids is 13. The van der Waals surface area contributed by atoms with Crippen LogP contribution in [0, 0.1) is 23.7 Å². The zero-order chi connectivity index (χ0) is 95.2. The number of rotatable bonds is 36. The van der Waals surface area contributed by atoms with Crippen molar-refractivity contribution in [1.82, 2.24) is 40.9 Å². The number of benzene rings is 7. The van der Waals surface area contributed by atoms with Gasteiger partial charge in [-0.05, 0) is 97.9 Å². The van der Waals surface area contributed by atoms with Crippen LogP contribution in [-0.4, -0.2) is 243 Å². The highest BCUT2D eigenvalue weighted by Gasteiger charge is 2.43. The molecule has 0 saturated carbocycles. The average Bonchev–Trinajstić information content (AvgIpc) is 1.72. The maximum atomic E-state index is 13.1. The summed E-state index contributed by atoms with van der Waals surface area (Å²) in [4.78, 5) is 205. The third-order valence-electron chi connectivity index (χ3n) is 22.2. The molecule has 4 aliphatic heterocycles. The molecule has 0 unspecified atom stereocenters. The van der Waals surface area contributed by atoms with E-state index >= 15 is 0 Å². The summed E-state index contributed by atoms with van der Waals surface area (Å²) in [6, 6.07) is 51.1. The van der Waals surface area contributed by atoms with Crippen LogP contribution in [0.5, 0.6) is 11.5 Å². The lowest BCUT2D eigenvalue weighted by atomic mass is 10.0. The topological polar surface area (TPSA) is 434 Å². The number of carboxylic acid groups (broad SMARTS) is 3. The standard InChI is InChI=1S/C26H30N2O6S.C25H28N2O6S.C25H28N2O5S.C21H28N2O5S/c1-17(16-35-26(33)19-7-4-3-5-8-19)24(30)28-14-6-9-22(28)23(29)27-21(25(31)32)15-18-10-12-20(34-2)13-11-18;1-16(15-34-25(33)18-6-3-2-4-7-18)23(30)27-13-5-8-21(27)22(29)26-20(24(31)32)14-17-9-11-19(28)12-10-17;1-17(16-33-25(32)19-11-6-3-7-12-19)23(29)27-14-8-13-21(27)22(28)26-20(24(30)31)15-18-9-4-2-5-10-18;1-14(13-29-15(2)24)20(26)23-11-7-10-18(23)19(25)22-17(21(27)28-3)12-16-8-5-4-6-9-16/h3-5,7-8,10-13,17,21-22H,6,9,14-16H2,1-2H3,(H,27,29)(H,31,32);2-4,6-7,9-12,16,20-21,28H,5,8,13-15H2,1H3,(H,26,29)(H,31,32);2-7,9-12,17,20-21H,8,13-16H2,1H3,(H,26,28)(H,30,31);4-6,8-9,14,17-18H,7,10-13H2,1-3H3,(H,22,25)/t17-,21+,22+;16-,20+,21+;17-,20+,21+;14-,17+,18+/m1111/s1. The smallest absolute Gasteiger partial charge is 0.328 e. The van der Waals surface area contributed by atoms with E-state index in [1.807, 2.05) is 78.9 Å². The molecule has 7 aromatic carbocycles. The van der Waals surface area contributed by atoms with Gasteiger partial charge in [-0.1, -0.05) is 251 Å². The molecule has 11 rings (SSSR count). The average molecular weight is 1870 g/mol. The molecule has 30 nitrogen and oxygen atoms in total. The number of aliphatic carboxylic acids is 3. The Balaban J connectivity index is 0.000000216. The Labute approximate surface area is 779 Å². The van der Waals surface area contributed by atoms with E-state index in [9.17, 15) is 97.1 Å². The molecule has 0 aromatic heterocycles. The molecule has 8 N–H and O–H groups in total. The highest BCUT2D eigenvalue weighted by atomic mass is 32.2.